The molecule has 2 N–H and O–H groups in total. The van der Waals surface area contributed by atoms with E-state index >= 15 is 0 Å². The smallest absolute Gasteiger partial charge is 0.191 e. The zero-order chi connectivity index (χ0) is 13.1. The van der Waals surface area contributed by atoms with Crippen LogP contribution >= 0.6 is 0 Å². The Kier molecular flexibility index (Phi) is 3.84. The van der Waals surface area contributed by atoms with Gasteiger partial charge >= 0.3 is 0 Å². The minimum Gasteiger partial charge on any atom is -0.353 e. The highest BCUT2D eigenvalue weighted by Crippen LogP contribution is 2.28. The highest BCUT2D eigenvalue weighted by molar-refractivity contribution is 5.80. The molecule has 1 aromatic rings. The van der Waals surface area contributed by atoms with Crippen LogP contribution in [0, 0.1) is 18.7 Å². The first-order valence-electron chi connectivity index (χ1n) is 6.32. The average molecular weight is 249 g/mol. The number of nitrogens with zero attached hydrogens (tertiary/aromatic N) is 1. The third kappa shape index (κ3) is 3.22. The summed E-state index contributed by atoms with van der Waals surface area (Å²) in [7, 11) is 1.76. The first-order valence-corrected chi connectivity index (χ1v) is 6.32. The number of benzene rings is 1. The summed E-state index contributed by atoms with van der Waals surface area (Å²) < 4.78 is 13.1. The Labute approximate surface area is 108 Å². The van der Waals surface area contributed by atoms with Crippen molar-refractivity contribution in [2.45, 2.75) is 32.9 Å². The molecule has 0 radical (unpaired) electrons. The Morgan fingerprint density at radius 1 is 1.50 bits per heavy atom. The van der Waals surface area contributed by atoms with Gasteiger partial charge < -0.3 is 10.6 Å². The van der Waals surface area contributed by atoms with E-state index in [1.807, 2.05) is 6.07 Å². The monoisotopic (exact) mass is 249 g/mol. The summed E-state index contributed by atoms with van der Waals surface area (Å²) in [6, 6.07) is 5.70. The van der Waals surface area contributed by atoms with Crippen molar-refractivity contribution in [3.63, 3.8) is 0 Å². The quantitative estimate of drug-likeness (QED) is 0.636. The predicted octanol–water partition coefficient (Wildman–Crippen LogP) is 2.21. The fourth-order valence-electron chi connectivity index (χ4n) is 1.90. The van der Waals surface area contributed by atoms with Crippen LogP contribution in [0.2, 0.25) is 0 Å². The third-order valence-electron chi connectivity index (χ3n) is 3.34. The van der Waals surface area contributed by atoms with Gasteiger partial charge in [0, 0.05) is 19.6 Å². The van der Waals surface area contributed by atoms with Gasteiger partial charge in [-0.05, 0) is 36.5 Å². The molecule has 0 amide bonds. The van der Waals surface area contributed by atoms with Crippen molar-refractivity contribution < 1.29 is 4.39 Å². The zero-order valence-electron chi connectivity index (χ0n) is 11.1. The molecular formula is C14H20FN3. The molecule has 98 valence electrons. The summed E-state index contributed by atoms with van der Waals surface area (Å²) in [4.78, 5) is 4.18. The van der Waals surface area contributed by atoms with Gasteiger partial charge in [-0.3, -0.25) is 4.99 Å². The highest BCUT2D eigenvalue weighted by Gasteiger charge is 2.33. The van der Waals surface area contributed by atoms with E-state index < -0.39 is 0 Å². The summed E-state index contributed by atoms with van der Waals surface area (Å²) in [6.45, 7) is 4.65. The van der Waals surface area contributed by atoms with Gasteiger partial charge in [-0.25, -0.2) is 4.39 Å². The minimum atomic E-state index is -0.159. The molecule has 0 aromatic heterocycles. The van der Waals surface area contributed by atoms with Gasteiger partial charge in [-0.2, -0.15) is 0 Å². The standard InChI is InChI=1S/C14H20FN3/c1-9-6-11(4-5-12(9)15)8-17-14(16-3)18-13-7-10(13)2/h4-6,10,13H,7-8H2,1-3H3,(H2,16,17,18). The first-order chi connectivity index (χ1) is 8.60. The Morgan fingerprint density at radius 2 is 2.22 bits per heavy atom. The SMILES string of the molecule is CN=C(NCc1ccc(F)c(C)c1)NC1CC1C. The molecule has 1 saturated carbocycles. The van der Waals surface area contributed by atoms with E-state index in [1.165, 1.54) is 12.5 Å². The van der Waals surface area contributed by atoms with E-state index in [0.717, 1.165) is 17.4 Å². The van der Waals surface area contributed by atoms with Crippen LogP contribution in [0.25, 0.3) is 0 Å². The van der Waals surface area contributed by atoms with E-state index in [-0.39, 0.29) is 5.82 Å². The Hall–Kier alpha value is -1.58. The van der Waals surface area contributed by atoms with Crippen LogP contribution < -0.4 is 10.6 Å². The van der Waals surface area contributed by atoms with Crippen LogP contribution in [0.5, 0.6) is 0 Å². The van der Waals surface area contributed by atoms with Crippen LogP contribution in [-0.2, 0) is 6.54 Å². The number of hydrogen-bond acceptors (Lipinski definition) is 1. The Morgan fingerprint density at radius 3 is 2.78 bits per heavy atom. The number of rotatable bonds is 3. The van der Waals surface area contributed by atoms with Crippen molar-refractivity contribution in [1.82, 2.24) is 10.6 Å². The molecule has 1 aromatic carbocycles. The van der Waals surface area contributed by atoms with Crippen molar-refractivity contribution >= 4 is 5.96 Å². The summed E-state index contributed by atoms with van der Waals surface area (Å²) in [5.41, 5.74) is 1.73. The van der Waals surface area contributed by atoms with Gasteiger partial charge in [0.2, 0.25) is 0 Å². The summed E-state index contributed by atoms with van der Waals surface area (Å²) in [6.07, 6.45) is 1.20. The van der Waals surface area contributed by atoms with E-state index in [0.29, 0.717) is 18.2 Å². The lowest BCUT2D eigenvalue weighted by Crippen LogP contribution is -2.38. The maximum Gasteiger partial charge on any atom is 0.191 e. The minimum absolute atomic E-state index is 0.159. The van der Waals surface area contributed by atoms with Crippen LogP contribution in [0.1, 0.15) is 24.5 Å². The maximum absolute atomic E-state index is 13.1. The van der Waals surface area contributed by atoms with Crippen molar-refractivity contribution in [2.75, 3.05) is 7.05 Å². The number of nitrogens with one attached hydrogen (secondary N) is 2. The van der Waals surface area contributed by atoms with E-state index in [4.69, 9.17) is 0 Å². The number of halogens is 1. The van der Waals surface area contributed by atoms with Crippen LogP contribution in [0.3, 0.4) is 0 Å². The lowest BCUT2D eigenvalue weighted by Gasteiger charge is -2.12. The lowest BCUT2D eigenvalue weighted by molar-refractivity contribution is 0.617. The molecule has 3 nitrogen and oxygen atoms in total. The second-order valence-corrected chi connectivity index (χ2v) is 4.97. The second kappa shape index (κ2) is 5.38. The summed E-state index contributed by atoms with van der Waals surface area (Å²) in [5.74, 6) is 1.39. The number of aliphatic imine (C=N–C) groups is 1. The molecule has 0 heterocycles. The van der Waals surface area contributed by atoms with Gasteiger partial charge in [-0.1, -0.05) is 19.1 Å². The molecule has 0 aliphatic heterocycles. The van der Waals surface area contributed by atoms with Gasteiger partial charge in [-0.15, -0.1) is 0 Å². The molecule has 2 rings (SSSR count). The number of aryl methyl sites for hydroxylation is 1. The fourth-order valence-corrected chi connectivity index (χ4v) is 1.90. The van der Waals surface area contributed by atoms with Crippen LogP contribution in [-0.4, -0.2) is 19.0 Å². The van der Waals surface area contributed by atoms with Crippen molar-refractivity contribution in [3.05, 3.63) is 35.1 Å². The predicted molar refractivity (Wildman–Crippen MR) is 72.0 cm³/mol. The largest absolute Gasteiger partial charge is 0.353 e. The summed E-state index contributed by atoms with van der Waals surface area (Å²) in [5, 5.41) is 6.59. The van der Waals surface area contributed by atoms with Crippen LogP contribution in [0.4, 0.5) is 4.39 Å². The third-order valence-corrected chi connectivity index (χ3v) is 3.34. The number of hydrogen-bond donors (Lipinski definition) is 2. The van der Waals surface area contributed by atoms with E-state index in [1.54, 1.807) is 20.0 Å². The van der Waals surface area contributed by atoms with Gasteiger partial charge in [0.05, 0.1) is 0 Å². The van der Waals surface area contributed by atoms with E-state index in [9.17, 15) is 4.39 Å². The normalized spacial score (nSPS) is 22.8. The lowest BCUT2D eigenvalue weighted by atomic mass is 10.1. The van der Waals surface area contributed by atoms with Gasteiger partial charge in [0.25, 0.3) is 0 Å². The molecule has 0 saturated heterocycles. The van der Waals surface area contributed by atoms with Gasteiger partial charge in [0.15, 0.2) is 5.96 Å². The molecule has 1 fully saturated rings. The molecule has 0 bridgehead atoms. The Bertz CT molecular complexity index is 456. The topological polar surface area (TPSA) is 36.4 Å². The molecule has 0 spiro atoms. The molecule has 2 unspecified atom stereocenters. The molecule has 2 atom stereocenters. The van der Waals surface area contributed by atoms with Crippen molar-refractivity contribution in [2.24, 2.45) is 10.9 Å². The second-order valence-electron chi connectivity index (χ2n) is 4.97. The molecule has 1 aliphatic carbocycles. The first kappa shape index (κ1) is 12.9. The maximum atomic E-state index is 13.1. The molecular weight excluding hydrogens is 229 g/mol. The van der Waals surface area contributed by atoms with Crippen molar-refractivity contribution in [3.8, 4) is 0 Å². The van der Waals surface area contributed by atoms with Crippen molar-refractivity contribution in [1.29, 1.82) is 0 Å². The van der Waals surface area contributed by atoms with E-state index in [2.05, 4.69) is 22.5 Å². The molecule has 1 aliphatic rings. The fraction of sp³-hybridized carbons (Fsp3) is 0.500. The Balaban J connectivity index is 1.87. The number of guanidine groups is 1. The molecule has 18 heavy (non-hydrogen) atoms. The van der Waals surface area contributed by atoms with Crippen LogP contribution in [0.15, 0.2) is 23.2 Å². The average Bonchev–Trinajstić information content (AvgIpc) is 3.04. The van der Waals surface area contributed by atoms with Gasteiger partial charge in [0.1, 0.15) is 5.82 Å². The highest BCUT2D eigenvalue weighted by atomic mass is 19.1. The molecule has 4 heteroatoms. The zero-order valence-corrected chi connectivity index (χ0v) is 11.1. The summed E-state index contributed by atoms with van der Waals surface area (Å²) >= 11 is 0.